The van der Waals surface area contributed by atoms with Crippen molar-refractivity contribution in [1.82, 2.24) is 10.9 Å². The lowest BCUT2D eigenvalue weighted by Crippen LogP contribution is -2.44. The number of amides is 2. The summed E-state index contributed by atoms with van der Waals surface area (Å²) >= 11 is 0. The van der Waals surface area contributed by atoms with Crippen LogP contribution in [0.4, 0.5) is 11.4 Å². The normalized spacial score (nSPS) is 10.0. The van der Waals surface area contributed by atoms with Crippen molar-refractivity contribution >= 4 is 23.2 Å². The van der Waals surface area contributed by atoms with Gasteiger partial charge in [0.1, 0.15) is 0 Å². The Morgan fingerprint density at radius 2 is 1.04 bits per heavy atom. The molecule has 0 bridgehead atoms. The van der Waals surface area contributed by atoms with Crippen molar-refractivity contribution in [3.8, 4) is 0 Å². The molecule has 126 valence electrons. The van der Waals surface area contributed by atoms with Crippen molar-refractivity contribution < 1.29 is 9.59 Å². The first kappa shape index (κ1) is 17.3. The Hall–Kier alpha value is -3.02. The number of benzene rings is 2. The Kier molecular flexibility index (Phi) is 5.42. The molecular formula is C18H22N4O2. The van der Waals surface area contributed by atoms with Gasteiger partial charge in [0, 0.05) is 0 Å². The average molecular weight is 326 g/mol. The zero-order valence-electron chi connectivity index (χ0n) is 14.3. The molecule has 2 aromatic carbocycles. The molecule has 0 aromatic heterocycles. The summed E-state index contributed by atoms with van der Waals surface area (Å²) in [5.74, 6) is -1.57. The van der Waals surface area contributed by atoms with Crippen LogP contribution in [-0.2, 0) is 9.59 Å². The lowest BCUT2D eigenvalue weighted by Gasteiger charge is -2.14. The first-order valence-corrected chi connectivity index (χ1v) is 7.65. The third-order valence-corrected chi connectivity index (χ3v) is 4.04. The fraction of sp³-hybridized carbons (Fsp3) is 0.222. The molecule has 2 rings (SSSR count). The van der Waals surface area contributed by atoms with Gasteiger partial charge in [0.25, 0.3) is 0 Å². The van der Waals surface area contributed by atoms with Gasteiger partial charge in [-0.2, -0.15) is 0 Å². The minimum Gasteiger partial charge on any atom is -0.298 e. The Morgan fingerprint density at radius 3 is 1.42 bits per heavy atom. The predicted molar refractivity (Wildman–Crippen MR) is 95.4 cm³/mol. The number of anilines is 2. The van der Waals surface area contributed by atoms with Crippen molar-refractivity contribution in [2.75, 3.05) is 10.9 Å². The highest BCUT2D eigenvalue weighted by Crippen LogP contribution is 2.17. The highest BCUT2D eigenvalue weighted by molar-refractivity contribution is 6.35. The molecule has 0 atom stereocenters. The minimum absolute atomic E-state index is 0.749. The van der Waals surface area contributed by atoms with E-state index in [1.165, 1.54) is 0 Å². The molecule has 2 aromatic rings. The molecule has 2 amide bonds. The van der Waals surface area contributed by atoms with Crippen LogP contribution in [0, 0.1) is 27.7 Å². The van der Waals surface area contributed by atoms with Crippen LogP contribution in [0.2, 0.25) is 0 Å². The number of aryl methyl sites for hydroxylation is 2. The molecule has 0 heterocycles. The van der Waals surface area contributed by atoms with Crippen LogP contribution in [0.15, 0.2) is 36.4 Å². The third kappa shape index (κ3) is 4.04. The van der Waals surface area contributed by atoms with Crippen LogP contribution < -0.4 is 21.7 Å². The summed E-state index contributed by atoms with van der Waals surface area (Å²) in [7, 11) is 0. The predicted octanol–water partition coefficient (Wildman–Crippen LogP) is 2.51. The second-order valence-electron chi connectivity index (χ2n) is 5.65. The molecule has 0 saturated carbocycles. The molecule has 24 heavy (non-hydrogen) atoms. The number of hydrogen-bond acceptors (Lipinski definition) is 4. The molecule has 0 aliphatic carbocycles. The number of carbonyl (C=O) groups excluding carboxylic acids is 2. The summed E-state index contributed by atoms with van der Waals surface area (Å²) in [5, 5.41) is 0. The van der Waals surface area contributed by atoms with E-state index >= 15 is 0 Å². The minimum atomic E-state index is -0.784. The Morgan fingerprint density at radius 1 is 0.667 bits per heavy atom. The maximum absolute atomic E-state index is 11.9. The quantitative estimate of drug-likeness (QED) is 0.514. The van der Waals surface area contributed by atoms with E-state index in [1.807, 2.05) is 64.1 Å². The van der Waals surface area contributed by atoms with Crippen molar-refractivity contribution in [1.29, 1.82) is 0 Å². The monoisotopic (exact) mass is 326 g/mol. The smallest absolute Gasteiger partial charge is 0.298 e. The number of rotatable bonds is 4. The number of hydrogen-bond donors (Lipinski definition) is 4. The molecule has 0 aliphatic heterocycles. The lowest BCUT2D eigenvalue weighted by atomic mass is 10.1. The van der Waals surface area contributed by atoms with E-state index in [0.717, 1.165) is 33.6 Å². The number of nitrogens with one attached hydrogen (secondary N) is 4. The van der Waals surface area contributed by atoms with Crippen molar-refractivity contribution in [2.24, 2.45) is 0 Å². The van der Waals surface area contributed by atoms with Crippen LogP contribution in [0.1, 0.15) is 22.3 Å². The fourth-order valence-electron chi connectivity index (χ4n) is 2.13. The third-order valence-electron chi connectivity index (χ3n) is 4.04. The highest BCUT2D eigenvalue weighted by Gasteiger charge is 2.13. The summed E-state index contributed by atoms with van der Waals surface area (Å²) < 4.78 is 0. The van der Waals surface area contributed by atoms with E-state index in [1.54, 1.807) is 0 Å². The zero-order valence-corrected chi connectivity index (χ0v) is 14.3. The Labute approximate surface area is 141 Å². The van der Waals surface area contributed by atoms with Gasteiger partial charge in [0.05, 0.1) is 11.4 Å². The molecule has 6 heteroatoms. The molecular weight excluding hydrogens is 304 g/mol. The summed E-state index contributed by atoms with van der Waals surface area (Å²) in [5.41, 5.74) is 16.0. The molecule has 6 nitrogen and oxygen atoms in total. The SMILES string of the molecule is Cc1cccc(NNC(=O)C(=O)NNc2cccc(C)c2C)c1C. The largest absolute Gasteiger partial charge is 0.329 e. The summed E-state index contributed by atoms with van der Waals surface area (Å²) in [4.78, 5) is 23.7. The number of carbonyl (C=O) groups is 2. The fourth-order valence-corrected chi connectivity index (χ4v) is 2.13. The van der Waals surface area contributed by atoms with E-state index in [2.05, 4.69) is 21.7 Å². The van der Waals surface area contributed by atoms with Gasteiger partial charge in [-0.25, -0.2) is 0 Å². The van der Waals surface area contributed by atoms with Gasteiger partial charge >= 0.3 is 11.8 Å². The van der Waals surface area contributed by atoms with E-state index in [0.29, 0.717) is 0 Å². The molecule has 0 aliphatic rings. The lowest BCUT2D eigenvalue weighted by molar-refractivity contribution is -0.138. The Bertz CT molecular complexity index is 706. The van der Waals surface area contributed by atoms with Crippen LogP contribution in [0.25, 0.3) is 0 Å². The van der Waals surface area contributed by atoms with Crippen LogP contribution in [-0.4, -0.2) is 11.8 Å². The van der Waals surface area contributed by atoms with Crippen molar-refractivity contribution in [2.45, 2.75) is 27.7 Å². The van der Waals surface area contributed by atoms with Gasteiger partial charge in [-0.15, -0.1) is 0 Å². The van der Waals surface area contributed by atoms with E-state index < -0.39 is 11.8 Å². The first-order chi connectivity index (χ1) is 11.4. The second-order valence-corrected chi connectivity index (χ2v) is 5.65. The van der Waals surface area contributed by atoms with E-state index in [4.69, 9.17) is 0 Å². The molecule has 0 saturated heterocycles. The first-order valence-electron chi connectivity index (χ1n) is 7.65. The summed E-state index contributed by atoms with van der Waals surface area (Å²) in [6.45, 7) is 7.82. The highest BCUT2D eigenvalue weighted by atomic mass is 16.2. The van der Waals surface area contributed by atoms with Crippen LogP contribution in [0.3, 0.4) is 0 Å². The molecule has 0 unspecified atom stereocenters. The number of hydrazine groups is 2. The zero-order chi connectivity index (χ0) is 17.7. The topological polar surface area (TPSA) is 82.3 Å². The van der Waals surface area contributed by atoms with Gasteiger partial charge in [0.15, 0.2) is 0 Å². The second kappa shape index (κ2) is 7.50. The van der Waals surface area contributed by atoms with E-state index in [-0.39, 0.29) is 0 Å². The summed E-state index contributed by atoms with van der Waals surface area (Å²) in [6, 6.07) is 11.4. The molecule has 0 spiro atoms. The standard InChI is InChI=1S/C18H22N4O2/c1-11-7-5-9-15(13(11)3)19-21-17(23)18(24)22-20-16-10-6-8-12(2)14(16)4/h5-10,19-20H,1-4H3,(H,21,23)(H,22,24). The van der Waals surface area contributed by atoms with E-state index in [9.17, 15) is 9.59 Å². The van der Waals surface area contributed by atoms with Gasteiger partial charge < -0.3 is 0 Å². The average Bonchev–Trinajstić information content (AvgIpc) is 2.57. The van der Waals surface area contributed by atoms with Crippen LogP contribution >= 0.6 is 0 Å². The van der Waals surface area contributed by atoms with Crippen molar-refractivity contribution in [3.63, 3.8) is 0 Å². The van der Waals surface area contributed by atoms with Gasteiger partial charge in [-0.05, 0) is 62.1 Å². The molecule has 0 fully saturated rings. The maximum Gasteiger partial charge on any atom is 0.329 e. The molecule has 0 radical (unpaired) electrons. The molecule has 4 N–H and O–H groups in total. The van der Waals surface area contributed by atoms with Gasteiger partial charge in [-0.1, -0.05) is 24.3 Å². The Balaban J connectivity index is 1.89. The summed E-state index contributed by atoms with van der Waals surface area (Å²) in [6.07, 6.45) is 0. The van der Waals surface area contributed by atoms with Gasteiger partial charge in [-0.3, -0.25) is 31.3 Å². The van der Waals surface area contributed by atoms with Crippen molar-refractivity contribution in [3.05, 3.63) is 58.7 Å². The van der Waals surface area contributed by atoms with Gasteiger partial charge in [0.2, 0.25) is 0 Å². The van der Waals surface area contributed by atoms with Crippen LogP contribution in [0.5, 0.6) is 0 Å². The maximum atomic E-state index is 11.9.